The van der Waals surface area contributed by atoms with Crippen LogP contribution in [-0.4, -0.2) is 16.1 Å². The summed E-state index contributed by atoms with van der Waals surface area (Å²) in [6, 6.07) is 21.9. The lowest BCUT2D eigenvalue weighted by molar-refractivity contribution is 0.0701. The number of para-hydroxylation sites is 1. The summed E-state index contributed by atoms with van der Waals surface area (Å²) in [5.41, 5.74) is 3.20. The number of amides is 1. The van der Waals surface area contributed by atoms with Crippen molar-refractivity contribution in [1.29, 1.82) is 0 Å². The van der Waals surface area contributed by atoms with Crippen LogP contribution in [0.2, 0.25) is 0 Å². The van der Waals surface area contributed by atoms with Crippen molar-refractivity contribution in [2.75, 3.05) is 0 Å². The van der Waals surface area contributed by atoms with Crippen molar-refractivity contribution in [2.45, 2.75) is 0 Å². The summed E-state index contributed by atoms with van der Waals surface area (Å²) in [6.45, 7) is 0. The average molecular weight is 306 g/mol. The van der Waals surface area contributed by atoms with Gasteiger partial charge in [0.05, 0.1) is 5.69 Å². The second-order valence-electron chi connectivity index (χ2n) is 4.79. The molecule has 0 saturated carbocycles. The van der Waals surface area contributed by atoms with Crippen LogP contribution in [0.15, 0.2) is 72.8 Å². The molecule has 1 heterocycles. The lowest BCUT2D eigenvalue weighted by Gasteiger charge is -2.07. The number of carbonyl (C=O) groups excluding carboxylic acids is 1. The minimum absolute atomic E-state index is 0.148. The van der Waals surface area contributed by atoms with Gasteiger partial charge in [-0.25, -0.2) is 10.5 Å². The zero-order valence-electron chi connectivity index (χ0n) is 12.1. The number of hydroxylamine groups is 1. The van der Waals surface area contributed by atoms with Crippen molar-refractivity contribution in [3.63, 3.8) is 0 Å². The van der Waals surface area contributed by atoms with Crippen molar-refractivity contribution in [3.8, 4) is 22.8 Å². The van der Waals surface area contributed by atoms with Gasteiger partial charge in [-0.1, -0.05) is 24.3 Å². The van der Waals surface area contributed by atoms with Crippen molar-refractivity contribution in [3.05, 3.63) is 78.5 Å². The molecule has 2 aromatic carbocycles. The molecule has 0 aliphatic rings. The third kappa shape index (κ3) is 3.53. The predicted octanol–water partition coefficient (Wildman–Crippen LogP) is 3.66. The first kappa shape index (κ1) is 14.7. The smallest absolute Gasteiger partial charge is 0.293 e. The SMILES string of the molecule is O=C(NO)c1cccc(-c2ccc(Oc3ccccc3)cc2)n1. The summed E-state index contributed by atoms with van der Waals surface area (Å²) < 4.78 is 5.73. The first-order valence-corrected chi connectivity index (χ1v) is 7.01. The van der Waals surface area contributed by atoms with Crippen LogP contribution in [0.25, 0.3) is 11.3 Å². The highest BCUT2D eigenvalue weighted by molar-refractivity contribution is 5.91. The first-order chi connectivity index (χ1) is 11.3. The molecule has 5 heteroatoms. The summed E-state index contributed by atoms with van der Waals surface area (Å²) in [4.78, 5) is 15.6. The van der Waals surface area contributed by atoms with Crippen LogP contribution in [0.1, 0.15) is 10.5 Å². The van der Waals surface area contributed by atoms with E-state index in [9.17, 15) is 4.79 Å². The molecule has 0 bridgehead atoms. The normalized spacial score (nSPS) is 10.1. The summed E-state index contributed by atoms with van der Waals surface area (Å²) >= 11 is 0. The Kier molecular flexibility index (Phi) is 4.31. The van der Waals surface area contributed by atoms with E-state index in [2.05, 4.69) is 4.98 Å². The van der Waals surface area contributed by atoms with Gasteiger partial charge in [0.15, 0.2) is 0 Å². The standard InChI is InChI=1S/C18H14N2O3/c21-18(20-22)17-8-4-7-16(19-17)13-9-11-15(12-10-13)23-14-5-2-1-3-6-14/h1-12,22H,(H,20,21). The molecule has 3 aromatic rings. The number of ether oxygens (including phenoxy) is 1. The zero-order chi connectivity index (χ0) is 16.1. The maximum Gasteiger partial charge on any atom is 0.293 e. The number of benzene rings is 2. The molecular weight excluding hydrogens is 292 g/mol. The van der Waals surface area contributed by atoms with E-state index in [0.29, 0.717) is 11.4 Å². The summed E-state index contributed by atoms with van der Waals surface area (Å²) in [5, 5.41) is 8.67. The second-order valence-corrected chi connectivity index (χ2v) is 4.79. The molecular formula is C18H14N2O3. The molecule has 0 radical (unpaired) electrons. The highest BCUT2D eigenvalue weighted by Crippen LogP contribution is 2.24. The van der Waals surface area contributed by atoms with Crippen LogP contribution < -0.4 is 10.2 Å². The molecule has 0 aliphatic carbocycles. The van der Waals surface area contributed by atoms with Gasteiger partial charge in [0, 0.05) is 5.56 Å². The molecule has 114 valence electrons. The maximum absolute atomic E-state index is 11.4. The van der Waals surface area contributed by atoms with Crippen LogP contribution in [0.5, 0.6) is 11.5 Å². The number of aromatic nitrogens is 1. The minimum atomic E-state index is -0.643. The molecule has 0 spiro atoms. The fourth-order valence-electron chi connectivity index (χ4n) is 2.10. The number of rotatable bonds is 4. The van der Waals surface area contributed by atoms with Gasteiger partial charge in [-0.3, -0.25) is 10.0 Å². The topological polar surface area (TPSA) is 71.5 Å². The second kappa shape index (κ2) is 6.72. The Morgan fingerprint density at radius 3 is 2.26 bits per heavy atom. The van der Waals surface area contributed by atoms with E-state index >= 15 is 0 Å². The molecule has 1 aromatic heterocycles. The Hall–Kier alpha value is -3.18. The van der Waals surface area contributed by atoms with Crippen LogP contribution in [0.4, 0.5) is 0 Å². The highest BCUT2D eigenvalue weighted by Gasteiger charge is 2.08. The van der Waals surface area contributed by atoms with Gasteiger partial charge in [-0.05, 0) is 48.5 Å². The fourth-order valence-corrected chi connectivity index (χ4v) is 2.10. The Labute approximate surface area is 133 Å². The van der Waals surface area contributed by atoms with E-state index in [1.165, 1.54) is 6.07 Å². The summed E-state index contributed by atoms with van der Waals surface area (Å²) in [5.74, 6) is 0.833. The molecule has 0 unspecified atom stereocenters. The van der Waals surface area contributed by atoms with Crippen molar-refractivity contribution in [2.24, 2.45) is 0 Å². The van der Waals surface area contributed by atoms with Gasteiger partial charge in [0.2, 0.25) is 0 Å². The molecule has 2 N–H and O–H groups in total. The number of nitrogens with one attached hydrogen (secondary N) is 1. The Morgan fingerprint density at radius 1 is 0.870 bits per heavy atom. The predicted molar refractivity (Wildman–Crippen MR) is 85.4 cm³/mol. The summed E-state index contributed by atoms with van der Waals surface area (Å²) in [7, 11) is 0. The molecule has 0 saturated heterocycles. The first-order valence-electron chi connectivity index (χ1n) is 7.01. The largest absolute Gasteiger partial charge is 0.457 e. The number of carbonyl (C=O) groups is 1. The van der Waals surface area contributed by atoms with Gasteiger partial charge in [0.1, 0.15) is 17.2 Å². The minimum Gasteiger partial charge on any atom is -0.457 e. The fraction of sp³-hybridized carbons (Fsp3) is 0. The lowest BCUT2D eigenvalue weighted by atomic mass is 10.1. The van der Waals surface area contributed by atoms with Crippen LogP contribution in [0.3, 0.4) is 0 Å². The molecule has 5 nitrogen and oxygen atoms in total. The van der Waals surface area contributed by atoms with Crippen LogP contribution in [-0.2, 0) is 0 Å². The number of nitrogens with zero attached hydrogens (tertiary/aromatic N) is 1. The molecule has 0 atom stereocenters. The van der Waals surface area contributed by atoms with Gasteiger partial charge in [-0.15, -0.1) is 0 Å². The lowest BCUT2D eigenvalue weighted by Crippen LogP contribution is -2.19. The molecule has 1 amide bonds. The van der Waals surface area contributed by atoms with Gasteiger partial charge >= 0.3 is 0 Å². The third-order valence-electron chi connectivity index (χ3n) is 3.21. The van der Waals surface area contributed by atoms with E-state index < -0.39 is 5.91 Å². The zero-order valence-corrected chi connectivity index (χ0v) is 12.1. The third-order valence-corrected chi connectivity index (χ3v) is 3.21. The summed E-state index contributed by atoms with van der Waals surface area (Å²) in [6.07, 6.45) is 0. The maximum atomic E-state index is 11.4. The molecule has 0 fully saturated rings. The monoisotopic (exact) mass is 306 g/mol. The van der Waals surface area contributed by atoms with Gasteiger partial charge in [0.25, 0.3) is 5.91 Å². The molecule has 23 heavy (non-hydrogen) atoms. The Bertz CT molecular complexity index is 802. The van der Waals surface area contributed by atoms with E-state index in [1.54, 1.807) is 17.6 Å². The molecule has 0 aliphatic heterocycles. The van der Waals surface area contributed by atoms with Crippen molar-refractivity contribution >= 4 is 5.91 Å². The van der Waals surface area contributed by atoms with Gasteiger partial charge in [-0.2, -0.15) is 0 Å². The van der Waals surface area contributed by atoms with E-state index in [-0.39, 0.29) is 5.69 Å². The number of hydrogen-bond donors (Lipinski definition) is 2. The van der Waals surface area contributed by atoms with Crippen molar-refractivity contribution in [1.82, 2.24) is 10.5 Å². The Balaban J connectivity index is 1.81. The molecule has 3 rings (SSSR count). The average Bonchev–Trinajstić information content (AvgIpc) is 2.62. The highest BCUT2D eigenvalue weighted by atomic mass is 16.5. The number of hydrogen-bond acceptors (Lipinski definition) is 4. The van der Waals surface area contributed by atoms with Crippen LogP contribution in [0, 0.1) is 0 Å². The quantitative estimate of drug-likeness (QED) is 0.570. The number of pyridine rings is 1. The van der Waals surface area contributed by atoms with Crippen molar-refractivity contribution < 1.29 is 14.7 Å². The van der Waals surface area contributed by atoms with Gasteiger partial charge < -0.3 is 4.74 Å². The van der Waals surface area contributed by atoms with E-state index in [1.807, 2.05) is 54.6 Å². The Morgan fingerprint density at radius 2 is 1.57 bits per heavy atom. The van der Waals surface area contributed by atoms with E-state index in [0.717, 1.165) is 11.3 Å². The van der Waals surface area contributed by atoms with Crippen LogP contribution >= 0.6 is 0 Å². The van der Waals surface area contributed by atoms with E-state index in [4.69, 9.17) is 9.94 Å².